The molecule has 0 heterocycles. The van der Waals surface area contributed by atoms with Crippen molar-refractivity contribution in [3.05, 3.63) is 119 Å². The summed E-state index contributed by atoms with van der Waals surface area (Å²) in [5.41, 5.74) is 1.33. The van der Waals surface area contributed by atoms with Crippen molar-refractivity contribution in [3.63, 3.8) is 0 Å². The summed E-state index contributed by atoms with van der Waals surface area (Å²) in [5.74, 6) is 0. The minimum atomic E-state index is -1.34. The zero-order valence-electron chi connectivity index (χ0n) is 15.8. The molecular weight excluding hydrogens is 344 g/mol. The first-order valence-corrected chi connectivity index (χ1v) is 9.73. The highest BCUT2D eigenvalue weighted by Gasteiger charge is 2.61. The van der Waals surface area contributed by atoms with Gasteiger partial charge in [0.05, 0.1) is 0 Å². The molecule has 2 nitrogen and oxygen atoms in total. The summed E-state index contributed by atoms with van der Waals surface area (Å²) in [6.45, 7) is 2.47. The summed E-state index contributed by atoms with van der Waals surface area (Å²) < 4.78 is 6.57. The average Bonchev–Trinajstić information content (AvgIpc) is 2.99. The molecule has 0 radical (unpaired) electrons. The minimum absolute atomic E-state index is 0.481. The second-order valence-electron chi connectivity index (χ2n) is 7.27. The lowest BCUT2D eigenvalue weighted by Crippen LogP contribution is -2.49. The normalized spacial score (nSPS) is 23.2. The first-order chi connectivity index (χ1) is 13.7. The van der Waals surface area contributed by atoms with E-state index >= 15 is 0 Å². The van der Waals surface area contributed by atoms with E-state index in [1.54, 1.807) is 0 Å². The van der Waals surface area contributed by atoms with E-state index in [1.807, 2.05) is 79.7 Å². The highest BCUT2D eigenvalue weighted by molar-refractivity contribution is 5.95. The summed E-state index contributed by atoms with van der Waals surface area (Å²) in [6.07, 6.45) is 0. The van der Waals surface area contributed by atoms with E-state index in [4.69, 9.17) is 4.74 Å². The Morgan fingerprint density at radius 2 is 1.25 bits per heavy atom. The molecule has 28 heavy (non-hydrogen) atoms. The molecule has 0 spiro atoms. The van der Waals surface area contributed by atoms with Gasteiger partial charge < -0.3 is 9.84 Å². The van der Waals surface area contributed by atoms with Crippen LogP contribution in [-0.2, 0) is 15.9 Å². The molecule has 0 saturated carbocycles. The van der Waals surface area contributed by atoms with Crippen molar-refractivity contribution in [2.24, 2.45) is 0 Å². The number of hydrogen-bond acceptors (Lipinski definition) is 2. The van der Waals surface area contributed by atoms with Gasteiger partial charge in [-0.1, -0.05) is 97.1 Å². The number of hydrogen-bond donors (Lipinski definition) is 1. The predicted octanol–water partition coefficient (Wildman–Crippen LogP) is 5.37. The Labute approximate surface area is 165 Å². The Balaban J connectivity index is 1.97. The maximum absolute atomic E-state index is 12.6. The quantitative estimate of drug-likeness (QED) is 0.526. The lowest BCUT2D eigenvalue weighted by atomic mass is 9.71. The minimum Gasteiger partial charge on any atom is -0.377 e. The smallest absolute Gasteiger partial charge is 0.156 e. The molecule has 0 fully saturated rings. The van der Waals surface area contributed by atoms with E-state index in [9.17, 15) is 5.11 Å². The van der Waals surface area contributed by atoms with Crippen LogP contribution in [-0.4, -0.2) is 11.7 Å². The molecule has 2 heteroatoms. The molecule has 0 saturated heterocycles. The predicted molar refractivity (Wildman–Crippen MR) is 112 cm³/mol. The zero-order valence-corrected chi connectivity index (χ0v) is 15.8. The molecule has 0 aromatic heterocycles. The van der Waals surface area contributed by atoms with Crippen LogP contribution in [0.5, 0.6) is 0 Å². The fourth-order valence-electron chi connectivity index (χ4n) is 4.88. The number of rotatable bonds is 4. The first kappa shape index (κ1) is 17.2. The van der Waals surface area contributed by atoms with Crippen LogP contribution in [0.3, 0.4) is 0 Å². The van der Waals surface area contributed by atoms with Crippen molar-refractivity contribution < 1.29 is 9.84 Å². The molecular formula is C26H22O2. The number of benzene rings is 4. The Kier molecular flexibility index (Phi) is 3.87. The van der Waals surface area contributed by atoms with Gasteiger partial charge in [-0.15, -0.1) is 0 Å². The van der Waals surface area contributed by atoms with Crippen LogP contribution < -0.4 is 0 Å². The molecule has 0 aliphatic heterocycles. The Bertz CT molecular complexity index is 1130. The standard InChI is InChI=1S/C26H22O2/c1-2-28-26(21-15-7-4-8-16-21)23-18-10-12-19-11-9-17-22(24(19)23)25(26,27)20-13-5-3-6-14-20/h3-18,27H,2H2,1H3/t25-,26-/m1/s1. The maximum atomic E-state index is 12.6. The highest BCUT2D eigenvalue weighted by Crippen LogP contribution is 2.59. The molecule has 0 unspecified atom stereocenters. The van der Waals surface area contributed by atoms with Crippen molar-refractivity contribution in [3.8, 4) is 0 Å². The third-order valence-corrected chi connectivity index (χ3v) is 5.92. The van der Waals surface area contributed by atoms with Crippen molar-refractivity contribution in [2.45, 2.75) is 18.1 Å². The number of aliphatic hydroxyl groups is 1. The molecule has 1 aliphatic rings. The molecule has 1 aliphatic carbocycles. The van der Waals surface area contributed by atoms with Gasteiger partial charge in [0.2, 0.25) is 0 Å². The third-order valence-electron chi connectivity index (χ3n) is 5.92. The fraction of sp³-hybridized carbons (Fsp3) is 0.154. The Morgan fingerprint density at radius 1 is 0.679 bits per heavy atom. The van der Waals surface area contributed by atoms with Gasteiger partial charge in [0.1, 0.15) is 0 Å². The molecule has 5 rings (SSSR count). The van der Waals surface area contributed by atoms with Gasteiger partial charge in [0.15, 0.2) is 11.2 Å². The second kappa shape index (κ2) is 6.30. The Morgan fingerprint density at radius 3 is 1.86 bits per heavy atom. The van der Waals surface area contributed by atoms with Crippen LogP contribution in [0.1, 0.15) is 29.2 Å². The van der Waals surface area contributed by atoms with Crippen molar-refractivity contribution >= 4 is 10.8 Å². The van der Waals surface area contributed by atoms with E-state index in [2.05, 4.69) is 24.3 Å². The van der Waals surface area contributed by atoms with Crippen LogP contribution in [0.25, 0.3) is 10.8 Å². The third kappa shape index (κ3) is 2.05. The second-order valence-corrected chi connectivity index (χ2v) is 7.27. The van der Waals surface area contributed by atoms with Crippen LogP contribution in [0.2, 0.25) is 0 Å². The van der Waals surface area contributed by atoms with Gasteiger partial charge in [-0.2, -0.15) is 0 Å². The summed E-state index contributed by atoms with van der Waals surface area (Å²) in [7, 11) is 0. The first-order valence-electron chi connectivity index (χ1n) is 9.73. The molecule has 4 aromatic rings. The lowest BCUT2D eigenvalue weighted by molar-refractivity contribution is -0.143. The van der Waals surface area contributed by atoms with Crippen LogP contribution in [0.4, 0.5) is 0 Å². The summed E-state index contributed by atoms with van der Waals surface area (Å²) in [5, 5.41) is 14.8. The van der Waals surface area contributed by atoms with Crippen molar-refractivity contribution in [1.82, 2.24) is 0 Å². The van der Waals surface area contributed by atoms with Gasteiger partial charge in [-0.25, -0.2) is 0 Å². The topological polar surface area (TPSA) is 29.5 Å². The van der Waals surface area contributed by atoms with Crippen molar-refractivity contribution in [2.75, 3.05) is 6.61 Å². The highest BCUT2D eigenvalue weighted by atomic mass is 16.5. The van der Waals surface area contributed by atoms with Gasteiger partial charge in [0, 0.05) is 12.2 Å². The van der Waals surface area contributed by atoms with Crippen LogP contribution >= 0.6 is 0 Å². The van der Waals surface area contributed by atoms with E-state index < -0.39 is 11.2 Å². The van der Waals surface area contributed by atoms with Gasteiger partial charge in [-0.3, -0.25) is 0 Å². The van der Waals surface area contributed by atoms with E-state index in [0.717, 1.165) is 33.0 Å². The maximum Gasteiger partial charge on any atom is 0.156 e. The number of ether oxygens (including phenoxy) is 1. The summed E-state index contributed by atoms with van der Waals surface area (Å²) in [6, 6.07) is 32.4. The largest absolute Gasteiger partial charge is 0.377 e. The summed E-state index contributed by atoms with van der Waals surface area (Å²) >= 11 is 0. The molecule has 138 valence electrons. The van der Waals surface area contributed by atoms with Gasteiger partial charge in [0.25, 0.3) is 0 Å². The van der Waals surface area contributed by atoms with Crippen LogP contribution in [0, 0.1) is 0 Å². The monoisotopic (exact) mass is 366 g/mol. The fourth-order valence-corrected chi connectivity index (χ4v) is 4.88. The molecule has 0 bridgehead atoms. The SMILES string of the molecule is CCO[C@]1(c2ccccc2)c2cccc3cccc(c23)[C@]1(O)c1ccccc1. The van der Waals surface area contributed by atoms with Gasteiger partial charge >= 0.3 is 0 Å². The molecule has 4 aromatic carbocycles. The lowest BCUT2D eigenvalue weighted by Gasteiger charge is -2.44. The van der Waals surface area contributed by atoms with E-state index in [1.165, 1.54) is 0 Å². The van der Waals surface area contributed by atoms with E-state index in [0.29, 0.717) is 6.61 Å². The van der Waals surface area contributed by atoms with Crippen molar-refractivity contribution in [1.29, 1.82) is 0 Å². The molecule has 0 amide bonds. The van der Waals surface area contributed by atoms with Crippen LogP contribution in [0.15, 0.2) is 97.1 Å². The average molecular weight is 366 g/mol. The van der Waals surface area contributed by atoms with E-state index in [-0.39, 0.29) is 0 Å². The molecule has 2 atom stereocenters. The molecule has 1 N–H and O–H groups in total. The zero-order chi connectivity index (χ0) is 19.2. The summed E-state index contributed by atoms with van der Waals surface area (Å²) in [4.78, 5) is 0. The van der Waals surface area contributed by atoms with Gasteiger partial charge in [-0.05, 0) is 34.4 Å². The Hall–Kier alpha value is -2.94.